The van der Waals surface area contributed by atoms with Crippen molar-refractivity contribution in [1.29, 1.82) is 0 Å². The first-order chi connectivity index (χ1) is 18.2. The van der Waals surface area contributed by atoms with Crippen LogP contribution in [-0.4, -0.2) is 23.8 Å². The minimum atomic E-state index is -1.20. The SMILES string of the molecule is CC(C)(C)C[C@@H]1N[C@@H](C(=O)CC2CCC(C)(C)CC2)[C@H](c2cccc(Cl)c2F)[C@]12C(=O)Nc1cc(Cl)ccc12. The minimum Gasteiger partial charge on any atom is -0.325 e. The molecule has 2 N–H and O–H groups in total. The number of amides is 1. The molecule has 4 nitrogen and oxygen atoms in total. The zero-order chi connectivity index (χ0) is 28.3. The van der Waals surface area contributed by atoms with Crippen LogP contribution < -0.4 is 10.6 Å². The summed E-state index contributed by atoms with van der Waals surface area (Å²) >= 11 is 12.6. The molecule has 2 heterocycles. The van der Waals surface area contributed by atoms with Gasteiger partial charge in [0.05, 0.1) is 11.1 Å². The van der Waals surface area contributed by atoms with Gasteiger partial charge in [-0.1, -0.05) is 76.0 Å². The zero-order valence-corrected chi connectivity index (χ0v) is 25.0. The highest BCUT2D eigenvalue weighted by Crippen LogP contribution is 2.57. The lowest BCUT2D eigenvalue weighted by molar-refractivity contribution is -0.123. The number of rotatable bonds is 5. The quantitative estimate of drug-likeness (QED) is 0.381. The van der Waals surface area contributed by atoms with E-state index < -0.39 is 29.2 Å². The molecule has 0 radical (unpaired) electrons. The second kappa shape index (κ2) is 10.2. The van der Waals surface area contributed by atoms with Crippen LogP contribution in [0.5, 0.6) is 0 Å². The van der Waals surface area contributed by atoms with Gasteiger partial charge in [0.15, 0.2) is 5.78 Å². The summed E-state index contributed by atoms with van der Waals surface area (Å²) in [6.45, 7) is 10.9. The highest BCUT2D eigenvalue weighted by Gasteiger charge is 2.66. The molecule has 1 amide bonds. The number of nitrogens with one attached hydrogen (secondary N) is 2. The van der Waals surface area contributed by atoms with E-state index in [0.29, 0.717) is 40.4 Å². The molecular formula is C32H39Cl2FN2O2. The van der Waals surface area contributed by atoms with Gasteiger partial charge in [0.1, 0.15) is 11.2 Å². The Hall–Kier alpha value is -1.95. The van der Waals surface area contributed by atoms with Crippen molar-refractivity contribution in [3.05, 3.63) is 63.4 Å². The van der Waals surface area contributed by atoms with Crippen molar-refractivity contribution in [3.8, 4) is 0 Å². The second-order valence-electron chi connectivity index (χ2n) is 13.9. The number of fused-ring (bicyclic) bond motifs is 2. The Labute approximate surface area is 241 Å². The molecule has 5 rings (SSSR count). The van der Waals surface area contributed by atoms with Crippen LogP contribution in [0.25, 0.3) is 0 Å². The monoisotopic (exact) mass is 572 g/mol. The number of ketones is 1. The molecule has 2 aromatic rings. The topological polar surface area (TPSA) is 58.2 Å². The van der Waals surface area contributed by atoms with Crippen LogP contribution in [0.15, 0.2) is 36.4 Å². The van der Waals surface area contributed by atoms with Gasteiger partial charge in [0, 0.05) is 29.1 Å². The van der Waals surface area contributed by atoms with Crippen LogP contribution in [0.2, 0.25) is 10.0 Å². The molecule has 0 unspecified atom stereocenters. The largest absolute Gasteiger partial charge is 0.325 e. The van der Waals surface area contributed by atoms with E-state index in [1.54, 1.807) is 24.3 Å². The van der Waals surface area contributed by atoms with E-state index in [4.69, 9.17) is 23.2 Å². The highest BCUT2D eigenvalue weighted by atomic mass is 35.5. The second-order valence-corrected chi connectivity index (χ2v) is 14.7. The number of hydrogen-bond acceptors (Lipinski definition) is 3. The molecule has 3 aliphatic rings. The first-order valence-corrected chi connectivity index (χ1v) is 14.8. The third kappa shape index (κ3) is 5.15. The van der Waals surface area contributed by atoms with E-state index in [1.165, 1.54) is 6.07 Å². The molecule has 210 valence electrons. The van der Waals surface area contributed by atoms with Gasteiger partial charge in [-0.2, -0.15) is 0 Å². The third-order valence-corrected chi connectivity index (χ3v) is 9.76. The van der Waals surface area contributed by atoms with Crippen molar-refractivity contribution in [1.82, 2.24) is 5.32 Å². The van der Waals surface area contributed by atoms with E-state index in [9.17, 15) is 9.59 Å². The molecule has 7 heteroatoms. The van der Waals surface area contributed by atoms with Gasteiger partial charge in [0.25, 0.3) is 0 Å². The number of carbonyl (C=O) groups is 2. The van der Waals surface area contributed by atoms with Crippen LogP contribution in [0.4, 0.5) is 10.1 Å². The van der Waals surface area contributed by atoms with Crippen LogP contribution in [-0.2, 0) is 15.0 Å². The third-order valence-electron chi connectivity index (χ3n) is 9.23. The number of halogens is 3. The Morgan fingerprint density at radius 1 is 1.10 bits per heavy atom. The van der Waals surface area contributed by atoms with E-state index in [0.717, 1.165) is 31.2 Å². The van der Waals surface area contributed by atoms with Crippen molar-refractivity contribution in [2.24, 2.45) is 16.7 Å². The Morgan fingerprint density at radius 2 is 1.79 bits per heavy atom. The van der Waals surface area contributed by atoms with Crippen molar-refractivity contribution < 1.29 is 14.0 Å². The minimum absolute atomic E-state index is 0.0163. The molecule has 4 atom stereocenters. The fraction of sp³-hybridized carbons (Fsp3) is 0.562. The fourth-order valence-corrected chi connectivity index (χ4v) is 7.63. The van der Waals surface area contributed by atoms with Gasteiger partial charge in [-0.15, -0.1) is 0 Å². The van der Waals surface area contributed by atoms with E-state index in [-0.39, 0.29) is 22.1 Å². The Morgan fingerprint density at radius 3 is 2.46 bits per heavy atom. The summed E-state index contributed by atoms with van der Waals surface area (Å²) in [5.41, 5.74) is 0.596. The number of hydrogen-bond donors (Lipinski definition) is 2. The van der Waals surface area contributed by atoms with Gasteiger partial charge in [-0.3, -0.25) is 9.59 Å². The summed E-state index contributed by atoms with van der Waals surface area (Å²) < 4.78 is 15.9. The number of Topliss-reactive ketones (excluding diaryl/α,β-unsaturated/α-hetero) is 1. The maximum Gasteiger partial charge on any atom is 0.237 e. The smallest absolute Gasteiger partial charge is 0.237 e. The molecule has 2 fully saturated rings. The molecule has 1 saturated carbocycles. The fourth-order valence-electron chi connectivity index (χ4n) is 7.28. The summed E-state index contributed by atoms with van der Waals surface area (Å²) in [5, 5.41) is 7.14. The summed E-state index contributed by atoms with van der Waals surface area (Å²) in [6, 6.07) is 9.12. The van der Waals surface area contributed by atoms with Crippen LogP contribution in [0.3, 0.4) is 0 Å². The maximum atomic E-state index is 15.9. The highest BCUT2D eigenvalue weighted by molar-refractivity contribution is 6.31. The van der Waals surface area contributed by atoms with Gasteiger partial charge >= 0.3 is 0 Å². The molecule has 1 saturated heterocycles. The van der Waals surface area contributed by atoms with Gasteiger partial charge in [-0.05, 0) is 78.2 Å². The van der Waals surface area contributed by atoms with Gasteiger partial charge in [0.2, 0.25) is 5.91 Å². The molecule has 1 aliphatic carbocycles. The standard InChI is InChI=1S/C32H39Cl2FN2O2/c1-30(2,3)17-25-32(21-10-9-19(33)16-23(21)36-29(32)39)26(20-7-6-8-22(34)27(20)35)28(37-25)24(38)15-18-11-13-31(4,5)14-12-18/h6-10,16,18,25-26,28,37H,11-15,17H2,1-5H3,(H,36,39)/t25-,26-,28-,32+/m0/s1. The van der Waals surface area contributed by atoms with Crippen LogP contribution in [0.1, 0.15) is 90.2 Å². The van der Waals surface area contributed by atoms with Crippen molar-refractivity contribution >= 4 is 40.6 Å². The summed E-state index contributed by atoms with van der Waals surface area (Å²) in [5.74, 6) is -1.25. The summed E-state index contributed by atoms with van der Waals surface area (Å²) in [7, 11) is 0. The average molecular weight is 574 g/mol. The van der Waals surface area contributed by atoms with Gasteiger partial charge < -0.3 is 10.6 Å². The lowest BCUT2D eigenvalue weighted by Gasteiger charge is -2.38. The molecule has 0 aromatic heterocycles. The van der Waals surface area contributed by atoms with Gasteiger partial charge in [-0.25, -0.2) is 4.39 Å². The average Bonchev–Trinajstić information content (AvgIpc) is 3.31. The summed E-state index contributed by atoms with van der Waals surface area (Å²) in [6.07, 6.45) is 5.20. The van der Waals surface area contributed by atoms with Crippen LogP contribution in [0, 0.1) is 22.6 Å². The lowest BCUT2D eigenvalue weighted by atomic mass is 9.62. The molecule has 2 aliphatic heterocycles. The number of carbonyl (C=O) groups excluding carboxylic acids is 2. The van der Waals surface area contributed by atoms with E-state index in [2.05, 4.69) is 45.3 Å². The van der Waals surface area contributed by atoms with Crippen molar-refractivity contribution in [2.75, 3.05) is 5.32 Å². The Bertz CT molecular complexity index is 1290. The van der Waals surface area contributed by atoms with E-state index >= 15 is 4.39 Å². The first kappa shape index (κ1) is 28.6. The zero-order valence-electron chi connectivity index (χ0n) is 23.5. The van der Waals surface area contributed by atoms with Crippen molar-refractivity contribution in [2.45, 2.75) is 96.6 Å². The number of benzene rings is 2. The molecule has 0 bridgehead atoms. The van der Waals surface area contributed by atoms with E-state index in [1.807, 2.05) is 6.07 Å². The summed E-state index contributed by atoms with van der Waals surface area (Å²) in [4.78, 5) is 28.4. The molecule has 39 heavy (non-hydrogen) atoms. The van der Waals surface area contributed by atoms with Crippen LogP contribution >= 0.6 is 23.2 Å². The Balaban J connectivity index is 1.65. The predicted molar refractivity (Wildman–Crippen MR) is 156 cm³/mol. The van der Waals surface area contributed by atoms with Crippen molar-refractivity contribution in [3.63, 3.8) is 0 Å². The molecule has 2 aromatic carbocycles. The maximum absolute atomic E-state index is 15.9. The molecular weight excluding hydrogens is 534 g/mol. The number of anilines is 1. The molecule has 1 spiro atoms. The predicted octanol–water partition coefficient (Wildman–Crippen LogP) is 8.06. The lowest BCUT2D eigenvalue weighted by Crippen LogP contribution is -2.49. The Kier molecular flexibility index (Phi) is 7.44. The first-order valence-electron chi connectivity index (χ1n) is 14.1. The normalized spacial score (nSPS) is 28.5.